The van der Waals surface area contributed by atoms with Crippen LogP contribution < -0.4 is 10.6 Å². The number of hydrogen-bond donors (Lipinski definition) is 2. The Bertz CT molecular complexity index is 1390. The fourth-order valence-corrected chi connectivity index (χ4v) is 5.07. The second kappa shape index (κ2) is 9.63. The van der Waals surface area contributed by atoms with Crippen molar-refractivity contribution in [3.05, 3.63) is 93.0 Å². The number of carbonyl (C=O) groups is 2. The molecule has 0 aromatic heterocycles. The van der Waals surface area contributed by atoms with Gasteiger partial charge in [0.15, 0.2) is 0 Å². The number of hydrogen-bond acceptors (Lipinski definition) is 3. The van der Waals surface area contributed by atoms with Crippen LogP contribution in [0.5, 0.6) is 0 Å². The van der Waals surface area contributed by atoms with Gasteiger partial charge in [0.2, 0.25) is 5.91 Å². The van der Waals surface area contributed by atoms with Crippen molar-refractivity contribution in [3.63, 3.8) is 0 Å². The summed E-state index contributed by atoms with van der Waals surface area (Å²) in [5.41, 5.74) is 0.0583. The lowest BCUT2D eigenvalue weighted by Gasteiger charge is -2.10. The van der Waals surface area contributed by atoms with Crippen LogP contribution in [0.2, 0.25) is 10.0 Å². The Hall–Kier alpha value is -2.89. The van der Waals surface area contributed by atoms with Gasteiger partial charge in [0.1, 0.15) is 16.0 Å². The minimum Gasteiger partial charge on any atom is -0.326 e. The van der Waals surface area contributed by atoms with Gasteiger partial charge in [-0.1, -0.05) is 23.2 Å². The lowest BCUT2D eigenvalue weighted by atomic mass is 10.1. The smallest absolute Gasteiger partial charge is 0.258 e. The van der Waals surface area contributed by atoms with Gasteiger partial charge < -0.3 is 10.6 Å². The van der Waals surface area contributed by atoms with Crippen molar-refractivity contribution in [2.24, 2.45) is 5.92 Å². The van der Waals surface area contributed by atoms with Gasteiger partial charge in [-0.05, 0) is 60.2 Å². The first-order valence-electron chi connectivity index (χ1n) is 9.96. The number of nitriles is 1. The summed E-state index contributed by atoms with van der Waals surface area (Å²) in [6.45, 7) is 0. The van der Waals surface area contributed by atoms with E-state index in [1.807, 2.05) is 0 Å². The number of halogens is 6. The van der Waals surface area contributed by atoms with E-state index in [0.717, 1.165) is 18.2 Å². The van der Waals surface area contributed by atoms with Gasteiger partial charge >= 0.3 is 0 Å². The molecule has 0 radical (unpaired) electrons. The van der Waals surface area contributed by atoms with E-state index in [2.05, 4.69) is 10.6 Å². The number of nitrogens with one attached hydrogen (secondary N) is 2. The Labute approximate surface area is 218 Å². The van der Waals surface area contributed by atoms with E-state index in [1.54, 1.807) is 18.2 Å². The van der Waals surface area contributed by atoms with E-state index in [-0.39, 0.29) is 16.9 Å². The van der Waals surface area contributed by atoms with Crippen molar-refractivity contribution in [2.75, 3.05) is 10.6 Å². The molecule has 0 unspecified atom stereocenters. The Morgan fingerprint density at radius 2 is 1.60 bits per heavy atom. The summed E-state index contributed by atoms with van der Waals surface area (Å²) < 4.78 is 27.0. The third-order valence-electron chi connectivity index (χ3n) is 5.40. The molecule has 4 rings (SSSR count). The zero-order chi connectivity index (χ0) is 25.5. The first-order valence-corrected chi connectivity index (χ1v) is 11.5. The molecule has 1 aliphatic rings. The summed E-state index contributed by atoms with van der Waals surface area (Å²) in [6, 6.07) is 13.3. The fraction of sp³-hybridized carbons (Fsp3) is 0.125. The number of carbonyl (C=O) groups excluding carboxylic acids is 2. The number of nitrogens with zero attached hydrogens (tertiary/aromatic N) is 1. The highest BCUT2D eigenvalue weighted by molar-refractivity contribution is 6.53. The van der Waals surface area contributed by atoms with Gasteiger partial charge in [0.25, 0.3) is 5.91 Å². The van der Waals surface area contributed by atoms with E-state index >= 15 is 0 Å². The number of benzene rings is 3. The van der Waals surface area contributed by atoms with Crippen LogP contribution in [0.25, 0.3) is 0 Å². The Balaban J connectivity index is 1.51. The normalized spacial score (nSPS) is 17.9. The van der Waals surface area contributed by atoms with E-state index in [1.165, 1.54) is 24.3 Å². The topological polar surface area (TPSA) is 82.0 Å². The highest BCUT2D eigenvalue weighted by atomic mass is 35.5. The van der Waals surface area contributed by atoms with E-state index < -0.39 is 45.2 Å². The van der Waals surface area contributed by atoms with Gasteiger partial charge in [-0.25, -0.2) is 8.78 Å². The molecule has 3 aromatic carbocycles. The maximum absolute atomic E-state index is 14.4. The molecule has 5 nitrogen and oxygen atoms in total. The summed E-state index contributed by atoms with van der Waals surface area (Å²) in [5, 5.41) is 14.3. The number of rotatable bonds is 5. The van der Waals surface area contributed by atoms with E-state index in [9.17, 15) is 18.4 Å². The van der Waals surface area contributed by atoms with Gasteiger partial charge in [-0.2, -0.15) is 5.26 Å². The predicted molar refractivity (Wildman–Crippen MR) is 131 cm³/mol. The monoisotopic (exact) mass is 553 g/mol. The van der Waals surface area contributed by atoms with Crippen LogP contribution in [-0.2, 0) is 4.79 Å². The molecular formula is C24H13Cl4F2N3O2. The summed E-state index contributed by atoms with van der Waals surface area (Å²) in [4.78, 5) is 25.5. The van der Waals surface area contributed by atoms with Crippen LogP contribution in [0.15, 0.2) is 54.6 Å². The summed E-state index contributed by atoms with van der Waals surface area (Å²) in [6.07, 6.45) is 0. The summed E-state index contributed by atoms with van der Waals surface area (Å²) in [5.74, 6) is -4.73. The molecular weight excluding hydrogens is 542 g/mol. The van der Waals surface area contributed by atoms with Crippen molar-refractivity contribution < 1.29 is 18.4 Å². The van der Waals surface area contributed by atoms with Crippen molar-refractivity contribution in [1.82, 2.24) is 0 Å². The fourth-order valence-electron chi connectivity index (χ4n) is 3.70. The zero-order valence-electron chi connectivity index (χ0n) is 17.4. The Morgan fingerprint density at radius 1 is 0.914 bits per heavy atom. The molecule has 2 amide bonds. The molecule has 0 spiro atoms. The van der Waals surface area contributed by atoms with Crippen LogP contribution in [-0.4, -0.2) is 16.1 Å². The molecule has 2 atom stereocenters. The third-order valence-corrected chi connectivity index (χ3v) is 6.78. The highest BCUT2D eigenvalue weighted by Crippen LogP contribution is 2.65. The third kappa shape index (κ3) is 5.21. The summed E-state index contributed by atoms with van der Waals surface area (Å²) in [7, 11) is 0. The number of amides is 2. The van der Waals surface area contributed by atoms with Gasteiger partial charge in [-0.3, -0.25) is 9.59 Å². The largest absolute Gasteiger partial charge is 0.326 e. The molecule has 0 heterocycles. The minimum absolute atomic E-state index is 0.0597. The van der Waals surface area contributed by atoms with Gasteiger partial charge in [0, 0.05) is 21.7 Å². The predicted octanol–water partition coefficient (Wildman–Crippen LogP) is 6.92. The Morgan fingerprint density at radius 3 is 2.23 bits per heavy atom. The minimum atomic E-state index is -1.43. The first kappa shape index (κ1) is 25.2. The summed E-state index contributed by atoms with van der Waals surface area (Å²) >= 11 is 24.8. The average Bonchev–Trinajstić information content (AvgIpc) is 3.37. The van der Waals surface area contributed by atoms with Crippen LogP contribution in [0.1, 0.15) is 27.4 Å². The first-order chi connectivity index (χ1) is 16.5. The number of alkyl halides is 2. The van der Waals surface area contributed by atoms with Crippen LogP contribution in [0.4, 0.5) is 20.2 Å². The highest BCUT2D eigenvalue weighted by Gasteiger charge is 2.67. The second-order valence-corrected chi connectivity index (χ2v) is 10.1. The van der Waals surface area contributed by atoms with Gasteiger partial charge in [0.05, 0.1) is 28.8 Å². The lowest BCUT2D eigenvalue weighted by molar-refractivity contribution is -0.117. The maximum Gasteiger partial charge on any atom is 0.258 e. The van der Waals surface area contributed by atoms with Crippen molar-refractivity contribution in [2.45, 2.75) is 10.3 Å². The molecule has 1 aliphatic carbocycles. The lowest BCUT2D eigenvalue weighted by Crippen LogP contribution is -2.19. The molecule has 11 heteroatoms. The van der Waals surface area contributed by atoms with Crippen LogP contribution in [0, 0.1) is 28.9 Å². The molecule has 0 bridgehead atoms. The molecule has 1 saturated carbocycles. The molecule has 2 N–H and O–H groups in total. The maximum atomic E-state index is 14.4. The Kier molecular flexibility index (Phi) is 6.94. The molecule has 0 aliphatic heterocycles. The molecule has 178 valence electrons. The second-order valence-electron chi connectivity index (χ2n) is 7.78. The SMILES string of the molecule is N#Cc1ccc(NC(=O)c2cc(NC(=O)[C@H]3[C@H](c4cc(Cl)cc(Cl)c4)C3(Cl)Cl)ccc2F)c(F)c1. The van der Waals surface area contributed by atoms with Crippen molar-refractivity contribution in [3.8, 4) is 6.07 Å². The molecule has 3 aromatic rings. The quantitative estimate of drug-likeness (QED) is 0.336. The number of anilines is 2. The van der Waals surface area contributed by atoms with Crippen molar-refractivity contribution in [1.29, 1.82) is 5.26 Å². The molecule has 1 fully saturated rings. The molecule has 35 heavy (non-hydrogen) atoms. The van der Waals surface area contributed by atoms with Crippen LogP contribution >= 0.6 is 46.4 Å². The van der Waals surface area contributed by atoms with Crippen LogP contribution in [0.3, 0.4) is 0 Å². The average molecular weight is 555 g/mol. The van der Waals surface area contributed by atoms with Gasteiger partial charge in [-0.15, -0.1) is 23.2 Å². The van der Waals surface area contributed by atoms with Crippen molar-refractivity contribution >= 4 is 69.6 Å². The molecule has 0 saturated heterocycles. The zero-order valence-corrected chi connectivity index (χ0v) is 20.4. The standard InChI is InChI=1S/C24H13Cl4F2N3O2/c25-13-6-12(7-14(26)8-13)20-21(24(20,27)28)23(35)32-15-2-3-17(29)16(9-15)22(34)33-19-4-1-11(10-31)5-18(19)30/h1-9,20-21H,(H,32,35)(H,33,34)/t20-,21+/m0/s1. The van der Waals surface area contributed by atoms with E-state index in [4.69, 9.17) is 51.7 Å². The van der Waals surface area contributed by atoms with E-state index in [0.29, 0.717) is 15.6 Å².